The minimum atomic E-state index is -4.54. The minimum absolute atomic E-state index is 0.0108. The number of thiocarbonyl (C=S) groups is 2. The van der Waals surface area contributed by atoms with Crippen molar-refractivity contribution in [3.63, 3.8) is 0 Å². The van der Waals surface area contributed by atoms with Gasteiger partial charge in [-0.25, -0.2) is 0 Å². The summed E-state index contributed by atoms with van der Waals surface area (Å²) < 4.78 is 79.4. The summed E-state index contributed by atoms with van der Waals surface area (Å²) in [5.41, 5.74) is -2.03. The molecule has 0 bridgehead atoms. The zero-order chi connectivity index (χ0) is 24.9. The van der Waals surface area contributed by atoms with Gasteiger partial charge in [0.15, 0.2) is 10.2 Å². The van der Waals surface area contributed by atoms with Crippen LogP contribution in [0.2, 0.25) is 0 Å². The van der Waals surface area contributed by atoms with Crippen LogP contribution in [0.4, 0.5) is 37.7 Å². The fraction of sp³-hybridized carbons (Fsp3) is 0.364. The summed E-state index contributed by atoms with van der Waals surface area (Å²) in [5, 5.41) is 11.3. The van der Waals surface area contributed by atoms with Gasteiger partial charge in [-0.3, -0.25) is 0 Å². The van der Waals surface area contributed by atoms with Crippen LogP contribution in [0.1, 0.15) is 36.8 Å². The summed E-state index contributed by atoms with van der Waals surface area (Å²) >= 11 is 10.5. The van der Waals surface area contributed by atoms with Crippen molar-refractivity contribution in [3.05, 3.63) is 59.7 Å². The van der Waals surface area contributed by atoms with E-state index >= 15 is 0 Å². The highest BCUT2D eigenvalue weighted by molar-refractivity contribution is 7.80. The van der Waals surface area contributed by atoms with Crippen molar-refractivity contribution in [2.24, 2.45) is 0 Å². The summed E-state index contributed by atoms with van der Waals surface area (Å²) in [6.07, 6.45) is -6.06. The normalized spacial score (nSPS) is 18.6. The van der Waals surface area contributed by atoms with Gasteiger partial charge < -0.3 is 21.3 Å². The molecule has 0 spiro atoms. The van der Waals surface area contributed by atoms with Crippen LogP contribution in [-0.2, 0) is 12.4 Å². The number of alkyl halides is 6. The highest BCUT2D eigenvalue weighted by atomic mass is 32.1. The minimum Gasteiger partial charge on any atom is -0.358 e. The maximum absolute atomic E-state index is 13.2. The Morgan fingerprint density at radius 1 is 0.647 bits per heavy atom. The predicted molar refractivity (Wildman–Crippen MR) is 128 cm³/mol. The van der Waals surface area contributed by atoms with E-state index in [9.17, 15) is 26.3 Å². The van der Waals surface area contributed by atoms with Crippen molar-refractivity contribution in [2.45, 2.75) is 50.1 Å². The summed E-state index contributed by atoms with van der Waals surface area (Å²) in [6.45, 7) is 0. The molecule has 2 unspecified atom stereocenters. The zero-order valence-corrected chi connectivity index (χ0v) is 19.3. The molecule has 1 aliphatic carbocycles. The van der Waals surface area contributed by atoms with Crippen LogP contribution in [-0.4, -0.2) is 22.3 Å². The van der Waals surface area contributed by atoms with Gasteiger partial charge in [0.05, 0.1) is 22.5 Å². The van der Waals surface area contributed by atoms with Gasteiger partial charge in [0.1, 0.15) is 0 Å². The van der Waals surface area contributed by atoms with Gasteiger partial charge >= 0.3 is 12.4 Å². The Bertz CT molecular complexity index is 943. The number of benzene rings is 2. The Labute approximate surface area is 203 Å². The maximum atomic E-state index is 13.2. The first-order chi connectivity index (χ1) is 15.9. The molecule has 4 nitrogen and oxygen atoms in total. The van der Waals surface area contributed by atoms with E-state index in [-0.39, 0.29) is 33.7 Å². The molecule has 0 amide bonds. The van der Waals surface area contributed by atoms with E-state index in [1.807, 2.05) is 0 Å². The highest BCUT2D eigenvalue weighted by Gasteiger charge is 2.35. The lowest BCUT2D eigenvalue weighted by molar-refractivity contribution is -0.137. The van der Waals surface area contributed by atoms with Crippen LogP contribution >= 0.6 is 24.4 Å². The van der Waals surface area contributed by atoms with E-state index in [4.69, 9.17) is 24.4 Å². The Morgan fingerprint density at radius 3 is 1.35 bits per heavy atom. The molecule has 34 heavy (non-hydrogen) atoms. The molecule has 1 fully saturated rings. The Hall–Kier alpha value is -2.60. The van der Waals surface area contributed by atoms with Crippen molar-refractivity contribution in [3.8, 4) is 0 Å². The van der Waals surface area contributed by atoms with E-state index in [1.165, 1.54) is 36.4 Å². The van der Waals surface area contributed by atoms with Gasteiger partial charge in [-0.15, -0.1) is 0 Å². The van der Waals surface area contributed by atoms with E-state index in [0.29, 0.717) is 12.8 Å². The number of nitrogens with one attached hydrogen (secondary N) is 4. The SMILES string of the molecule is FC(F)(F)c1ccccc1NC(=S)NC1CCCCC1NC(=S)Nc1ccccc1C(F)(F)F. The van der Waals surface area contributed by atoms with E-state index in [0.717, 1.165) is 25.0 Å². The van der Waals surface area contributed by atoms with Crippen LogP contribution in [0.3, 0.4) is 0 Å². The standard InChI is InChI=1S/C22H22F6N4S2/c23-21(24,25)13-7-1-3-9-15(13)29-19(33)31-17-11-5-6-12-18(17)32-20(34)30-16-10-4-2-8-14(16)22(26,27)28/h1-4,7-10,17-18H,5-6,11-12H2,(H2,29,31,33)(H2,30,32,34). The van der Waals surface area contributed by atoms with Crippen LogP contribution in [0, 0.1) is 0 Å². The smallest absolute Gasteiger partial charge is 0.358 e. The maximum Gasteiger partial charge on any atom is 0.418 e. The van der Waals surface area contributed by atoms with Gasteiger partial charge in [0.25, 0.3) is 0 Å². The van der Waals surface area contributed by atoms with Crippen molar-refractivity contribution in [1.82, 2.24) is 10.6 Å². The molecule has 0 radical (unpaired) electrons. The van der Waals surface area contributed by atoms with Crippen molar-refractivity contribution >= 4 is 46.0 Å². The van der Waals surface area contributed by atoms with Crippen molar-refractivity contribution in [1.29, 1.82) is 0 Å². The second-order valence-corrected chi connectivity index (χ2v) is 8.60. The lowest BCUT2D eigenvalue weighted by atomic mass is 9.90. The lowest BCUT2D eigenvalue weighted by Gasteiger charge is -2.34. The average molecular weight is 521 g/mol. The summed E-state index contributed by atoms with van der Waals surface area (Å²) in [6, 6.07) is 9.41. The molecule has 4 N–H and O–H groups in total. The number of para-hydroxylation sites is 2. The molecule has 0 aromatic heterocycles. The van der Waals surface area contributed by atoms with Crippen LogP contribution in [0.5, 0.6) is 0 Å². The molecule has 0 saturated heterocycles. The lowest BCUT2D eigenvalue weighted by Crippen LogP contribution is -2.54. The van der Waals surface area contributed by atoms with Gasteiger partial charge in [0, 0.05) is 12.1 Å². The number of anilines is 2. The molecule has 3 rings (SSSR count). The molecule has 184 valence electrons. The molecule has 1 saturated carbocycles. The molecule has 0 heterocycles. The summed E-state index contributed by atoms with van der Waals surface area (Å²) in [7, 11) is 0. The number of rotatable bonds is 4. The Balaban J connectivity index is 1.64. The zero-order valence-electron chi connectivity index (χ0n) is 17.7. The molecule has 1 aliphatic rings. The number of hydrogen-bond acceptors (Lipinski definition) is 2. The Kier molecular flexibility index (Phi) is 8.24. The van der Waals surface area contributed by atoms with Crippen LogP contribution in [0.25, 0.3) is 0 Å². The second kappa shape index (κ2) is 10.8. The molecule has 0 aliphatic heterocycles. The van der Waals surface area contributed by atoms with E-state index in [1.54, 1.807) is 0 Å². The first-order valence-corrected chi connectivity index (χ1v) is 11.2. The van der Waals surface area contributed by atoms with Crippen LogP contribution in [0.15, 0.2) is 48.5 Å². The molecular formula is C22H22F6N4S2. The topological polar surface area (TPSA) is 48.1 Å². The highest BCUT2D eigenvalue weighted by Crippen LogP contribution is 2.35. The largest absolute Gasteiger partial charge is 0.418 e. The van der Waals surface area contributed by atoms with Gasteiger partial charge in [-0.2, -0.15) is 26.3 Å². The fourth-order valence-corrected chi connectivity index (χ4v) is 4.33. The molecule has 12 heteroatoms. The van der Waals surface area contributed by atoms with Crippen LogP contribution < -0.4 is 21.3 Å². The molecule has 2 atom stereocenters. The van der Waals surface area contributed by atoms with Crippen molar-refractivity contribution < 1.29 is 26.3 Å². The quantitative estimate of drug-likeness (QED) is 0.280. The predicted octanol–water partition coefficient (Wildman–Crippen LogP) is 6.31. The third-order valence-corrected chi connectivity index (χ3v) is 5.80. The van der Waals surface area contributed by atoms with E-state index in [2.05, 4.69) is 21.3 Å². The van der Waals surface area contributed by atoms with Crippen molar-refractivity contribution in [2.75, 3.05) is 10.6 Å². The number of halogens is 6. The monoisotopic (exact) mass is 520 g/mol. The fourth-order valence-electron chi connectivity index (χ4n) is 3.81. The third kappa shape index (κ3) is 6.95. The third-order valence-electron chi connectivity index (χ3n) is 5.36. The van der Waals surface area contributed by atoms with Gasteiger partial charge in [-0.05, 0) is 61.5 Å². The molecule has 2 aromatic rings. The van der Waals surface area contributed by atoms with Gasteiger partial charge in [0.2, 0.25) is 0 Å². The van der Waals surface area contributed by atoms with Gasteiger partial charge in [-0.1, -0.05) is 37.1 Å². The second-order valence-electron chi connectivity index (χ2n) is 7.78. The molecule has 2 aromatic carbocycles. The summed E-state index contributed by atoms with van der Waals surface area (Å²) in [4.78, 5) is 0. The first kappa shape index (κ1) is 26.0. The number of hydrogen-bond donors (Lipinski definition) is 4. The molecular weight excluding hydrogens is 498 g/mol. The van der Waals surface area contributed by atoms with E-state index < -0.39 is 23.5 Å². The first-order valence-electron chi connectivity index (χ1n) is 10.4. The summed E-state index contributed by atoms with van der Waals surface area (Å²) in [5.74, 6) is 0. The average Bonchev–Trinajstić information content (AvgIpc) is 2.74. The Morgan fingerprint density at radius 2 is 1.00 bits per heavy atom.